The fourth-order valence-corrected chi connectivity index (χ4v) is 2.71. The van der Waals surface area contributed by atoms with E-state index in [0.29, 0.717) is 0 Å². The summed E-state index contributed by atoms with van der Waals surface area (Å²) in [4.78, 5) is 14.2. The average molecular weight is 216 g/mol. The van der Waals surface area contributed by atoms with Gasteiger partial charge in [0.25, 0.3) is 0 Å². The van der Waals surface area contributed by atoms with Crippen LogP contribution in [0.3, 0.4) is 0 Å². The number of hydrogen-bond acceptors (Lipinski definition) is 2. The summed E-state index contributed by atoms with van der Waals surface area (Å²) in [5.74, 6) is 0.165. The molecule has 1 unspecified atom stereocenters. The molecule has 0 bridgehead atoms. The lowest BCUT2D eigenvalue weighted by molar-refractivity contribution is -0.118. The Labute approximate surface area is 95.4 Å². The highest BCUT2D eigenvalue weighted by Gasteiger charge is 2.34. The fourth-order valence-electron chi connectivity index (χ4n) is 2.71. The van der Waals surface area contributed by atoms with E-state index in [2.05, 4.69) is 35.3 Å². The van der Waals surface area contributed by atoms with Crippen molar-refractivity contribution in [3.63, 3.8) is 0 Å². The minimum absolute atomic E-state index is 0.0592. The Hall–Kier alpha value is -1.51. The summed E-state index contributed by atoms with van der Waals surface area (Å²) in [6.45, 7) is 3.06. The number of piperidine rings is 1. The molecular formula is C13H16N2O. The van der Waals surface area contributed by atoms with Crippen LogP contribution < -0.4 is 10.2 Å². The molecule has 16 heavy (non-hydrogen) atoms. The van der Waals surface area contributed by atoms with Gasteiger partial charge in [-0.1, -0.05) is 6.07 Å². The van der Waals surface area contributed by atoms with Gasteiger partial charge in [-0.2, -0.15) is 0 Å². The van der Waals surface area contributed by atoms with Gasteiger partial charge in [0.15, 0.2) is 0 Å². The minimum atomic E-state index is 0.0592. The normalized spacial score (nSPS) is 23.4. The summed E-state index contributed by atoms with van der Waals surface area (Å²) in [6, 6.07) is 6.35. The Morgan fingerprint density at radius 2 is 2.25 bits per heavy atom. The highest BCUT2D eigenvalue weighted by Crippen LogP contribution is 2.36. The third-order valence-electron chi connectivity index (χ3n) is 3.52. The first-order valence-corrected chi connectivity index (χ1v) is 5.94. The maximum absolute atomic E-state index is 11.9. The molecule has 2 aliphatic rings. The van der Waals surface area contributed by atoms with E-state index < -0.39 is 0 Å². The van der Waals surface area contributed by atoms with E-state index in [1.165, 1.54) is 17.7 Å². The number of hydrogen-bond donors (Lipinski definition) is 1. The third kappa shape index (κ3) is 1.39. The van der Waals surface area contributed by atoms with Gasteiger partial charge in [0.05, 0.1) is 11.4 Å². The lowest BCUT2D eigenvalue weighted by atomic mass is 9.97. The molecule has 2 heterocycles. The number of aryl methyl sites for hydroxylation is 1. The SMILES string of the molecule is Cc1ccc2c(c1)NC(=O)C1CCCCN21. The van der Waals surface area contributed by atoms with Crippen LogP contribution in [0, 0.1) is 6.92 Å². The molecular weight excluding hydrogens is 200 g/mol. The molecule has 0 saturated carbocycles. The Morgan fingerprint density at radius 1 is 1.38 bits per heavy atom. The molecule has 3 rings (SSSR count). The number of fused-ring (bicyclic) bond motifs is 3. The van der Waals surface area contributed by atoms with Crippen LogP contribution in [0.1, 0.15) is 24.8 Å². The molecule has 1 aromatic rings. The van der Waals surface area contributed by atoms with E-state index in [-0.39, 0.29) is 11.9 Å². The lowest BCUT2D eigenvalue weighted by Crippen LogP contribution is -2.50. The Bertz CT molecular complexity index is 442. The summed E-state index contributed by atoms with van der Waals surface area (Å²) < 4.78 is 0. The van der Waals surface area contributed by atoms with Crippen LogP contribution in [0.25, 0.3) is 0 Å². The zero-order valence-electron chi connectivity index (χ0n) is 9.49. The Balaban J connectivity index is 2.06. The Morgan fingerprint density at radius 3 is 3.12 bits per heavy atom. The van der Waals surface area contributed by atoms with E-state index in [4.69, 9.17) is 0 Å². The second-order valence-corrected chi connectivity index (χ2v) is 4.71. The van der Waals surface area contributed by atoms with E-state index in [0.717, 1.165) is 25.1 Å². The molecule has 84 valence electrons. The molecule has 0 spiro atoms. The second-order valence-electron chi connectivity index (χ2n) is 4.71. The first kappa shape index (κ1) is 9.70. The fraction of sp³-hybridized carbons (Fsp3) is 0.462. The van der Waals surface area contributed by atoms with Gasteiger partial charge >= 0.3 is 0 Å². The summed E-state index contributed by atoms with van der Waals surface area (Å²) in [7, 11) is 0. The van der Waals surface area contributed by atoms with Crippen LogP contribution in [0.2, 0.25) is 0 Å². The second kappa shape index (κ2) is 3.51. The molecule has 1 amide bonds. The van der Waals surface area contributed by atoms with Crippen molar-refractivity contribution in [2.24, 2.45) is 0 Å². The van der Waals surface area contributed by atoms with Crippen molar-refractivity contribution in [1.82, 2.24) is 0 Å². The minimum Gasteiger partial charge on any atom is -0.358 e. The largest absolute Gasteiger partial charge is 0.358 e. The van der Waals surface area contributed by atoms with Gasteiger partial charge in [0.2, 0.25) is 5.91 Å². The molecule has 1 aromatic carbocycles. The number of anilines is 2. The average Bonchev–Trinajstić information content (AvgIpc) is 2.29. The standard InChI is InChI=1S/C13H16N2O/c1-9-5-6-11-10(8-9)14-13(16)12-4-2-3-7-15(11)12/h5-6,8,12H,2-4,7H2,1H3,(H,14,16). The van der Waals surface area contributed by atoms with Gasteiger partial charge in [-0.25, -0.2) is 0 Å². The highest BCUT2D eigenvalue weighted by molar-refractivity contribution is 6.03. The van der Waals surface area contributed by atoms with Crippen LogP contribution in [0.15, 0.2) is 18.2 Å². The number of carbonyl (C=O) groups excluding carboxylic acids is 1. The summed E-state index contributed by atoms with van der Waals surface area (Å²) in [5, 5.41) is 3.02. The predicted octanol–water partition coefficient (Wildman–Crippen LogP) is 2.31. The van der Waals surface area contributed by atoms with Crippen molar-refractivity contribution in [3.8, 4) is 0 Å². The molecule has 1 atom stereocenters. The summed E-state index contributed by atoms with van der Waals surface area (Å²) >= 11 is 0. The van der Waals surface area contributed by atoms with Crippen LogP contribution in [0.5, 0.6) is 0 Å². The van der Waals surface area contributed by atoms with Crippen LogP contribution in [0.4, 0.5) is 11.4 Å². The number of benzene rings is 1. The molecule has 0 aliphatic carbocycles. The number of amides is 1. The molecule has 0 aromatic heterocycles. The van der Waals surface area contributed by atoms with Crippen LogP contribution >= 0.6 is 0 Å². The van der Waals surface area contributed by atoms with Gasteiger partial charge < -0.3 is 10.2 Å². The molecule has 2 aliphatic heterocycles. The van der Waals surface area contributed by atoms with E-state index >= 15 is 0 Å². The molecule has 1 N–H and O–H groups in total. The first-order valence-electron chi connectivity index (χ1n) is 5.94. The number of nitrogens with one attached hydrogen (secondary N) is 1. The van der Waals surface area contributed by atoms with Gasteiger partial charge in [-0.3, -0.25) is 4.79 Å². The van der Waals surface area contributed by atoms with Gasteiger partial charge in [-0.15, -0.1) is 0 Å². The summed E-state index contributed by atoms with van der Waals surface area (Å²) in [5.41, 5.74) is 3.35. The van der Waals surface area contributed by atoms with Crippen molar-refractivity contribution in [3.05, 3.63) is 23.8 Å². The number of carbonyl (C=O) groups is 1. The number of nitrogens with zero attached hydrogens (tertiary/aromatic N) is 1. The number of rotatable bonds is 0. The van der Waals surface area contributed by atoms with Crippen molar-refractivity contribution < 1.29 is 4.79 Å². The molecule has 1 fully saturated rings. The van der Waals surface area contributed by atoms with E-state index in [9.17, 15) is 4.79 Å². The molecule has 3 nitrogen and oxygen atoms in total. The van der Waals surface area contributed by atoms with Crippen molar-refractivity contribution in [1.29, 1.82) is 0 Å². The quantitative estimate of drug-likeness (QED) is 0.721. The predicted molar refractivity (Wildman–Crippen MR) is 64.8 cm³/mol. The van der Waals surface area contributed by atoms with Crippen LogP contribution in [-0.4, -0.2) is 18.5 Å². The zero-order valence-corrected chi connectivity index (χ0v) is 9.49. The van der Waals surface area contributed by atoms with E-state index in [1.807, 2.05) is 0 Å². The molecule has 3 heteroatoms. The van der Waals surface area contributed by atoms with E-state index in [1.54, 1.807) is 0 Å². The van der Waals surface area contributed by atoms with Gasteiger partial charge in [0, 0.05) is 6.54 Å². The first-order chi connectivity index (χ1) is 7.75. The van der Waals surface area contributed by atoms with Crippen molar-refractivity contribution >= 4 is 17.3 Å². The zero-order chi connectivity index (χ0) is 11.1. The third-order valence-corrected chi connectivity index (χ3v) is 3.52. The molecule has 0 radical (unpaired) electrons. The van der Waals surface area contributed by atoms with Gasteiger partial charge in [-0.05, 0) is 43.9 Å². The monoisotopic (exact) mass is 216 g/mol. The maximum atomic E-state index is 11.9. The van der Waals surface area contributed by atoms with Gasteiger partial charge in [0.1, 0.15) is 6.04 Å². The maximum Gasteiger partial charge on any atom is 0.247 e. The smallest absolute Gasteiger partial charge is 0.247 e. The Kier molecular flexibility index (Phi) is 2.13. The van der Waals surface area contributed by atoms with Crippen molar-refractivity contribution in [2.45, 2.75) is 32.2 Å². The van der Waals surface area contributed by atoms with Crippen LogP contribution in [-0.2, 0) is 4.79 Å². The van der Waals surface area contributed by atoms with Crippen molar-refractivity contribution in [2.75, 3.05) is 16.8 Å². The lowest BCUT2D eigenvalue weighted by Gasteiger charge is -2.41. The summed E-state index contributed by atoms with van der Waals surface area (Å²) in [6.07, 6.45) is 3.34. The topological polar surface area (TPSA) is 32.3 Å². The molecule has 1 saturated heterocycles. The highest BCUT2D eigenvalue weighted by atomic mass is 16.2.